The molecule has 7 heteroatoms. The van der Waals surface area contributed by atoms with Gasteiger partial charge in [-0.05, 0) is 42.5 Å². The first kappa shape index (κ1) is 14.9. The van der Waals surface area contributed by atoms with Crippen LogP contribution in [0.25, 0.3) is 11.1 Å². The molecule has 0 atom stereocenters. The lowest BCUT2D eigenvalue weighted by Gasteiger charge is -2.06. The van der Waals surface area contributed by atoms with Gasteiger partial charge in [0.1, 0.15) is 5.52 Å². The van der Waals surface area contributed by atoms with Gasteiger partial charge in [0.25, 0.3) is 5.91 Å². The van der Waals surface area contributed by atoms with Gasteiger partial charge in [-0.3, -0.25) is 9.59 Å². The van der Waals surface area contributed by atoms with E-state index in [2.05, 4.69) is 15.6 Å². The number of fused-ring (bicyclic) bond motifs is 1. The van der Waals surface area contributed by atoms with E-state index in [1.165, 1.54) is 11.3 Å². The summed E-state index contributed by atoms with van der Waals surface area (Å²) in [6.45, 7) is -0.0824. The zero-order valence-electron chi connectivity index (χ0n) is 12.7. The second-order valence-electron chi connectivity index (χ2n) is 5.72. The standard InChI is InChI=1S/C17H15N3O3S/c21-15(9-18-16(22)14-2-1-7-24-14)19-11-5-6-13-12(8-11)20-17(23-13)10-3-4-10/h1-2,5-8,10H,3-4,9H2,(H,18,22)(H,19,21). The second-order valence-corrected chi connectivity index (χ2v) is 6.66. The minimum absolute atomic E-state index is 0.0824. The molecule has 1 aliphatic carbocycles. The third kappa shape index (κ3) is 3.16. The third-order valence-electron chi connectivity index (χ3n) is 3.77. The number of hydrogen-bond acceptors (Lipinski definition) is 5. The van der Waals surface area contributed by atoms with Crippen molar-refractivity contribution in [2.45, 2.75) is 18.8 Å². The van der Waals surface area contributed by atoms with Gasteiger partial charge in [-0.1, -0.05) is 6.07 Å². The third-order valence-corrected chi connectivity index (χ3v) is 4.64. The number of benzene rings is 1. The minimum Gasteiger partial charge on any atom is -0.440 e. The summed E-state index contributed by atoms with van der Waals surface area (Å²) in [5, 5.41) is 7.17. The van der Waals surface area contributed by atoms with E-state index in [-0.39, 0.29) is 18.4 Å². The Bertz CT molecular complexity index is 897. The van der Waals surface area contributed by atoms with E-state index in [0.29, 0.717) is 16.5 Å². The first-order chi connectivity index (χ1) is 11.7. The van der Waals surface area contributed by atoms with Crippen molar-refractivity contribution < 1.29 is 14.0 Å². The normalized spacial score (nSPS) is 13.8. The molecule has 2 aromatic heterocycles. The van der Waals surface area contributed by atoms with Crippen molar-refractivity contribution in [2.75, 3.05) is 11.9 Å². The first-order valence-corrected chi connectivity index (χ1v) is 8.59. The van der Waals surface area contributed by atoms with Gasteiger partial charge in [-0.2, -0.15) is 0 Å². The predicted octanol–water partition coefficient (Wildman–Crippen LogP) is 3.14. The lowest BCUT2D eigenvalue weighted by Crippen LogP contribution is -2.32. The Morgan fingerprint density at radius 3 is 2.92 bits per heavy atom. The molecule has 0 spiro atoms. The molecule has 122 valence electrons. The van der Waals surface area contributed by atoms with Crippen LogP contribution in [-0.4, -0.2) is 23.3 Å². The van der Waals surface area contributed by atoms with Crippen LogP contribution in [-0.2, 0) is 4.79 Å². The van der Waals surface area contributed by atoms with Crippen molar-refractivity contribution >= 4 is 39.9 Å². The average molecular weight is 341 g/mol. The topological polar surface area (TPSA) is 84.2 Å². The van der Waals surface area contributed by atoms with Crippen molar-refractivity contribution in [1.82, 2.24) is 10.3 Å². The van der Waals surface area contributed by atoms with Crippen LogP contribution in [0.4, 0.5) is 5.69 Å². The summed E-state index contributed by atoms with van der Waals surface area (Å²) in [4.78, 5) is 28.8. The molecular formula is C17H15N3O3S. The van der Waals surface area contributed by atoms with Crippen molar-refractivity contribution in [3.05, 3.63) is 46.5 Å². The fourth-order valence-corrected chi connectivity index (χ4v) is 3.03. The van der Waals surface area contributed by atoms with E-state index in [0.717, 1.165) is 29.8 Å². The predicted molar refractivity (Wildman–Crippen MR) is 91.3 cm³/mol. The number of nitrogens with zero attached hydrogens (tertiary/aromatic N) is 1. The van der Waals surface area contributed by atoms with Crippen LogP contribution in [0.2, 0.25) is 0 Å². The highest BCUT2D eigenvalue weighted by Gasteiger charge is 2.28. The van der Waals surface area contributed by atoms with Gasteiger partial charge in [0, 0.05) is 11.6 Å². The summed E-state index contributed by atoms with van der Waals surface area (Å²) in [6, 6.07) is 8.86. The molecular weight excluding hydrogens is 326 g/mol. The summed E-state index contributed by atoms with van der Waals surface area (Å²) in [5.41, 5.74) is 2.09. The zero-order valence-corrected chi connectivity index (χ0v) is 13.6. The second kappa shape index (κ2) is 6.09. The summed E-state index contributed by atoms with van der Waals surface area (Å²) >= 11 is 1.34. The van der Waals surface area contributed by atoms with Crippen LogP contribution in [0.1, 0.15) is 34.3 Å². The van der Waals surface area contributed by atoms with Gasteiger partial charge >= 0.3 is 0 Å². The van der Waals surface area contributed by atoms with E-state index < -0.39 is 0 Å². The SMILES string of the molecule is O=C(CNC(=O)c1cccs1)Nc1ccc2oc(C3CC3)nc2c1. The summed E-state index contributed by atoms with van der Waals surface area (Å²) < 4.78 is 5.69. The van der Waals surface area contributed by atoms with Crippen molar-refractivity contribution in [3.63, 3.8) is 0 Å². The Labute approximate surface area is 141 Å². The van der Waals surface area contributed by atoms with E-state index in [4.69, 9.17) is 4.42 Å². The van der Waals surface area contributed by atoms with Crippen LogP contribution in [0.5, 0.6) is 0 Å². The maximum atomic E-state index is 12.0. The molecule has 0 bridgehead atoms. The molecule has 1 aliphatic rings. The molecule has 2 N–H and O–H groups in total. The number of oxazole rings is 1. The minimum atomic E-state index is -0.287. The first-order valence-electron chi connectivity index (χ1n) is 7.71. The van der Waals surface area contributed by atoms with Crippen LogP contribution >= 0.6 is 11.3 Å². The van der Waals surface area contributed by atoms with Gasteiger partial charge < -0.3 is 15.1 Å². The lowest BCUT2D eigenvalue weighted by molar-refractivity contribution is -0.115. The molecule has 6 nitrogen and oxygen atoms in total. The summed E-state index contributed by atoms with van der Waals surface area (Å²) in [7, 11) is 0. The van der Waals surface area contributed by atoms with Gasteiger partial charge in [-0.15, -0.1) is 11.3 Å². The van der Waals surface area contributed by atoms with E-state index in [9.17, 15) is 9.59 Å². The number of anilines is 1. The number of aromatic nitrogens is 1. The summed E-state index contributed by atoms with van der Waals surface area (Å²) in [5.74, 6) is 0.686. The molecule has 0 unspecified atom stereocenters. The summed E-state index contributed by atoms with van der Waals surface area (Å²) in [6.07, 6.45) is 2.25. The van der Waals surface area contributed by atoms with Crippen molar-refractivity contribution in [2.24, 2.45) is 0 Å². The van der Waals surface area contributed by atoms with Crippen molar-refractivity contribution in [3.8, 4) is 0 Å². The lowest BCUT2D eigenvalue weighted by atomic mass is 10.3. The van der Waals surface area contributed by atoms with E-state index in [1.54, 1.807) is 30.3 Å². The van der Waals surface area contributed by atoms with Crippen molar-refractivity contribution in [1.29, 1.82) is 0 Å². The molecule has 4 rings (SSSR count). The van der Waals surface area contributed by atoms with Crippen LogP contribution in [0.3, 0.4) is 0 Å². The van der Waals surface area contributed by atoms with Gasteiger partial charge in [-0.25, -0.2) is 4.98 Å². The molecule has 1 saturated carbocycles. The molecule has 0 saturated heterocycles. The highest BCUT2D eigenvalue weighted by molar-refractivity contribution is 7.12. The largest absolute Gasteiger partial charge is 0.440 e. The van der Waals surface area contributed by atoms with Crippen LogP contribution in [0.15, 0.2) is 40.1 Å². The Balaban J connectivity index is 1.38. The number of thiophene rings is 1. The molecule has 1 fully saturated rings. The Morgan fingerprint density at radius 1 is 1.29 bits per heavy atom. The Kier molecular flexibility index (Phi) is 3.78. The number of carbonyl (C=O) groups is 2. The Morgan fingerprint density at radius 2 is 2.17 bits per heavy atom. The molecule has 0 aliphatic heterocycles. The quantitative estimate of drug-likeness (QED) is 0.747. The average Bonchev–Trinajstić information content (AvgIpc) is 3.11. The molecule has 2 amide bonds. The smallest absolute Gasteiger partial charge is 0.261 e. The monoisotopic (exact) mass is 341 g/mol. The van der Waals surface area contributed by atoms with E-state index in [1.807, 2.05) is 5.38 Å². The molecule has 0 radical (unpaired) electrons. The zero-order chi connectivity index (χ0) is 16.5. The van der Waals surface area contributed by atoms with Crippen LogP contribution in [0, 0.1) is 0 Å². The fraction of sp³-hybridized carbons (Fsp3) is 0.235. The number of carbonyl (C=O) groups excluding carboxylic acids is 2. The van der Waals surface area contributed by atoms with Gasteiger partial charge in [0.15, 0.2) is 11.5 Å². The van der Waals surface area contributed by atoms with Gasteiger partial charge in [0.2, 0.25) is 5.91 Å². The number of rotatable bonds is 5. The highest BCUT2D eigenvalue weighted by atomic mass is 32.1. The number of hydrogen-bond donors (Lipinski definition) is 2. The van der Waals surface area contributed by atoms with E-state index >= 15 is 0 Å². The molecule has 3 aromatic rings. The Hall–Kier alpha value is -2.67. The molecule has 1 aromatic carbocycles. The maximum absolute atomic E-state index is 12.0. The molecule has 2 heterocycles. The molecule has 24 heavy (non-hydrogen) atoms. The number of amides is 2. The highest BCUT2D eigenvalue weighted by Crippen LogP contribution is 2.40. The number of nitrogens with one attached hydrogen (secondary N) is 2. The van der Waals surface area contributed by atoms with Gasteiger partial charge in [0.05, 0.1) is 11.4 Å². The van der Waals surface area contributed by atoms with Crippen LogP contribution < -0.4 is 10.6 Å². The maximum Gasteiger partial charge on any atom is 0.261 e. The fourth-order valence-electron chi connectivity index (χ4n) is 2.39.